The number of nitrogens with zero attached hydrogens (tertiary/aromatic N) is 1. The first kappa shape index (κ1) is 12.7. The van der Waals surface area contributed by atoms with E-state index in [1.165, 1.54) is 25.5 Å². The Hall–Kier alpha value is -1.72. The lowest BCUT2D eigenvalue weighted by Gasteiger charge is -2.05. The van der Waals surface area contributed by atoms with Crippen LogP contribution in [0.4, 0.5) is 4.39 Å². The minimum Gasteiger partial charge on any atom is -0.444 e. The molecule has 96 valence electrons. The number of aliphatic hydroxyl groups is 1. The quantitative estimate of drug-likeness (QED) is 0.829. The largest absolute Gasteiger partial charge is 0.444 e. The Balaban J connectivity index is 2.03. The summed E-state index contributed by atoms with van der Waals surface area (Å²) in [4.78, 5) is 4.26. The fraction of sp³-hybridized carbons (Fsp3) is 0.308. The van der Waals surface area contributed by atoms with Crippen LogP contribution in [0.5, 0.6) is 0 Å². The minimum atomic E-state index is -0.795. The Labute approximate surface area is 104 Å². The summed E-state index contributed by atoms with van der Waals surface area (Å²) in [7, 11) is 1.44. The molecule has 0 saturated heterocycles. The van der Waals surface area contributed by atoms with Crippen LogP contribution in [0.15, 0.2) is 34.9 Å². The summed E-state index contributed by atoms with van der Waals surface area (Å²) in [5.74, 6) is 0.144. The third kappa shape index (κ3) is 3.15. The molecule has 0 amide bonds. The number of aromatic nitrogens is 1. The van der Waals surface area contributed by atoms with Gasteiger partial charge in [-0.05, 0) is 30.7 Å². The summed E-state index contributed by atoms with van der Waals surface area (Å²) >= 11 is 0. The van der Waals surface area contributed by atoms with Crippen molar-refractivity contribution >= 4 is 0 Å². The summed E-state index contributed by atoms with van der Waals surface area (Å²) < 4.78 is 22.8. The van der Waals surface area contributed by atoms with Crippen molar-refractivity contribution in [3.8, 4) is 11.5 Å². The highest BCUT2D eigenvalue weighted by Crippen LogP contribution is 2.19. The third-order valence-corrected chi connectivity index (χ3v) is 2.56. The van der Waals surface area contributed by atoms with E-state index in [9.17, 15) is 9.50 Å². The molecule has 4 nitrogen and oxygen atoms in total. The zero-order valence-electron chi connectivity index (χ0n) is 9.97. The average Bonchev–Trinajstić information content (AvgIpc) is 2.85. The number of ether oxygens (including phenoxy) is 1. The van der Waals surface area contributed by atoms with Crippen LogP contribution in [0, 0.1) is 5.82 Å². The summed E-state index contributed by atoms with van der Waals surface area (Å²) in [6.45, 7) is 0. The van der Waals surface area contributed by atoms with Crippen LogP contribution in [0.1, 0.15) is 12.1 Å². The predicted molar refractivity (Wildman–Crippen MR) is 63.2 cm³/mol. The van der Waals surface area contributed by atoms with Crippen molar-refractivity contribution in [3.05, 3.63) is 42.0 Å². The Kier molecular flexibility index (Phi) is 4.07. The summed E-state index contributed by atoms with van der Waals surface area (Å²) in [6, 6.07) is 5.92. The fourth-order valence-corrected chi connectivity index (χ4v) is 1.54. The molecule has 5 heteroatoms. The van der Waals surface area contributed by atoms with Gasteiger partial charge in [0.05, 0.1) is 5.69 Å². The molecule has 0 fully saturated rings. The monoisotopic (exact) mass is 251 g/mol. The second kappa shape index (κ2) is 5.75. The summed E-state index contributed by atoms with van der Waals surface area (Å²) in [6.07, 6.45) is 1.74. The molecule has 0 saturated carbocycles. The number of halogens is 1. The maximum atomic E-state index is 12.8. The molecule has 18 heavy (non-hydrogen) atoms. The van der Waals surface area contributed by atoms with Gasteiger partial charge < -0.3 is 14.3 Å². The van der Waals surface area contributed by atoms with E-state index in [0.717, 1.165) is 11.3 Å². The molecule has 0 bridgehead atoms. The molecule has 2 aromatic rings. The Bertz CT molecular complexity index is 495. The molecular formula is C13H14FNO3. The van der Waals surface area contributed by atoms with E-state index in [4.69, 9.17) is 9.15 Å². The van der Waals surface area contributed by atoms with Crippen LogP contribution in [0.2, 0.25) is 0 Å². The van der Waals surface area contributed by atoms with Gasteiger partial charge in [0.15, 0.2) is 6.29 Å². The number of rotatable bonds is 5. The van der Waals surface area contributed by atoms with Crippen molar-refractivity contribution in [1.29, 1.82) is 0 Å². The molecule has 0 aliphatic heterocycles. The Morgan fingerprint density at radius 2 is 2.11 bits per heavy atom. The van der Waals surface area contributed by atoms with E-state index in [2.05, 4.69) is 4.98 Å². The molecule has 1 N–H and O–H groups in total. The maximum Gasteiger partial charge on any atom is 0.226 e. The van der Waals surface area contributed by atoms with Crippen molar-refractivity contribution in [3.63, 3.8) is 0 Å². The predicted octanol–water partition coefficient (Wildman–Crippen LogP) is 2.38. The first-order chi connectivity index (χ1) is 8.69. The minimum absolute atomic E-state index is 0.297. The second-order valence-corrected chi connectivity index (χ2v) is 3.88. The van der Waals surface area contributed by atoms with E-state index in [1.54, 1.807) is 12.1 Å². The molecule has 2 rings (SSSR count). The van der Waals surface area contributed by atoms with Gasteiger partial charge in [-0.3, -0.25) is 0 Å². The smallest absolute Gasteiger partial charge is 0.226 e. The molecule has 1 unspecified atom stereocenters. The summed E-state index contributed by atoms with van der Waals surface area (Å²) in [5, 5.41) is 9.25. The first-order valence-corrected chi connectivity index (χ1v) is 5.60. The Morgan fingerprint density at radius 1 is 1.39 bits per heavy atom. The van der Waals surface area contributed by atoms with Gasteiger partial charge in [0.25, 0.3) is 0 Å². The highest BCUT2D eigenvalue weighted by atomic mass is 19.1. The number of benzene rings is 1. The average molecular weight is 251 g/mol. The van der Waals surface area contributed by atoms with Crippen molar-refractivity contribution in [2.45, 2.75) is 19.1 Å². The highest BCUT2D eigenvalue weighted by Gasteiger charge is 2.09. The molecule has 1 atom stereocenters. The van der Waals surface area contributed by atoms with Crippen molar-refractivity contribution < 1.29 is 18.7 Å². The fourth-order valence-electron chi connectivity index (χ4n) is 1.54. The van der Waals surface area contributed by atoms with Crippen LogP contribution in [-0.2, 0) is 11.2 Å². The number of aryl methyl sites for hydroxylation is 1. The zero-order valence-corrected chi connectivity index (χ0v) is 9.97. The molecule has 0 radical (unpaired) electrons. The molecular weight excluding hydrogens is 237 g/mol. The number of aliphatic hydroxyl groups excluding tert-OH is 1. The topological polar surface area (TPSA) is 55.5 Å². The van der Waals surface area contributed by atoms with Gasteiger partial charge in [-0.15, -0.1) is 0 Å². The molecule has 1 aromatic heterocycles. The summed E-state index contributed by atoms with van der Waals surface area (Å²) in [5.41, 5.74) is 1.44. The van der Waals surface area contributed by atoms with Crippen LogP contribution in [-0.4, -0.2) is 23.5 Å². The molecule has 0 spiro atoms. The normalized spacial score (nSPS) is 12.6. The van der Waals surface area contributed by atoms with Crippen molar-refractivity contribution in [2.24, 2.45) is 0 Å². The lowest BCUT2D eigenvalue weighted by molar-refractivity contribution is -0.0778. The van der Waals surface area contributed by atoms with E-state index < -0.39 is 6.29 Å². The van der Waals surface area contributed by atoms with Crippen LogP contribution < -0.4 is 0 Å². The number of oxazole rings is 1. The van der Waals surface area contributed by atoms with E-state index >= 15 is 0 Å². The molecule has 1 heterocycles. The van der Waals surface area contributed by atoms with Gasteiger partial charge in [0, 0.05) is 19.1 Å². The Morgan fingerprint density at radius 3 is 2.78 bits per heavy atom. The standard InChI is InChI=1S/C13H14FNO3/c1-17-12(16)7-6-11-8-18-13(15-11)9-2-4-10(14)5-3-9/h2-5,8,12,16H,6-7H2,1H3. The number of hydrogen-bond donors (Lipinski definition) is 1. The number of hydrogen-bond acceptors (Lipinski definition) is 4. The van der Waals surface area contributed by atoms with E-state index in [-0.39, 0.29) is 5.82 Å². The highest BCUT2D eigenvalue weighted by molar-refractivity contribution is 5.52. The van der Waals surface area contributed by atoms with Gasteiger partial charge in [-0.25, -0.2) is 9.37 Å². The SMILES string of the molecule is COC(O)CCc1coc(-c2ccc(F)cc2)n1. The maximum absolute atomic E-state index is 12.8. The van der Waals surface area contributed by atoms with Crippen LogP contribution >= 0.6 is 0 Å². The van der Waals surface area contributed by atoms with Crippen molar-refractivity contribution in [1.82, 2.24) is 4.98 Å². The van der Waals surface area contributed by atoms with Gasteiger partial charge >= 0.3 is 0 Å². The van der Waals surface area contributed by atoms with E-state index in [0.29, 0.717) is 18.7 Å². The third-order valence-electron chi connectivity index (χ3n) is 2.56. The van der Waals surface area contributed by atoms with Gasteiger partial charge in [-0.2, -0.15) is 0 Å². The van der Waals surface area contributed by atoms with Crippen LogP contribution in [0.3, 0.4) is 0 Å². The first-order valence-electron chi connectivity index (χ1n) is 5.60. The molecule has 1 aromatic carbocycles. The van der Waals surface area contributed by atoms with Gasteiger partial charge in [0.1, 0.15) is 12.1 Å². The van der Waals surface area contributed by atoms with Crippen LogP contribution in [0.25, 0.3) is 11.5 Å². The van der Waals surface area contributed by atoms with Gasteiger partial charge in [0.2, 0.25) is 5.89 Å². The lowest BCUT2D eigenvalue weighted by atomic mass is 10.2. The van der Waals surface area contributed by atoms with E-state index in [1.807, 2.05) is 0 Å². The second-order valence-electron chi connectivity index (χ2n) is 3.88. The van der Waals surface area contributed by atoms with Crippen molar-refractivity contribution in [2.75, 3.05) is 7.11 Å². The molecule has 0 aliphatic carbocycles. The lowest BCUT2D eigenvalue weighted by Crippen LogP contribution is -2.09. The zero-order chi connectivity index (χ0) is 13.0. The molecule has 0 aliphatic rings. The van der Waals surface area contributed by atoms with Gasteiger partial charge in [-0.1, -0.05) is 0 Å². The number of methoxy groups -OCH3 is 1.